The summed E-state index contributed by atoms with van der Waals surface area (Å²) in [5.41, 5.74) is 0.0685. The molecule has 0 saturated carbocycles. The third kappa shape index (κ3) is 4.46. The molecule has 2 aliphatic heterocycles. The van der Waals surface area contributed by atoms with Crippen LogP contribution in [0.25, 0.3) is 0 Å². The monoisotopic (exact) mass is 387 g/mol. The fourth-order valence-electron chi connectivity index (χ4n) is 3.80. The Kier molecular flexibility index (Phi) is 6.21. The molecule has 0 aliphatic carbocycles. The third-order valence-electron chi connectivity index (χ3n) is 5.67. The van der Waals surface area contributed by atoms with Crippen LogP contribution in [0.4, 0.5) is 4.79 Å². The quantitative estimate of drug-likeness (QED) is 0.760. The summed E-state index contributed by atoms with van der Waals surface area (Å²) in [5, 5.41) is 2.79. The number of rotatable bonds is 6. The van der Waals surface area contributed by atoms with Gasteiger partial charge in [0.15, 0.2) is 0 Å². The number of ether oxygens (including phenoxy) is 1. The van der Waals surface area contributed by atoms with Crippen LogP contribution in [0.3, 0.4) is 0 Å². The van der Waals surface area contributed by atoms with Gasteiger partial charge in [-0.25, -0.2) is 4.79 Å². The predicted octanol–water partition coefficient (Wildman–Crippen LogP) is 2.34. The first kappa shape index (κ1) is 20.2. The van der Waals surface area contributed by atoms with E-state index in [-0.39, 0.29) is 18.4 Å². The number of urea groups is 1. The first-order valence-corrected chi connectivity index (χ1v) is 9.98. The van der Waals surface area contributed by atoms with E-state index in [1.807, 2.05) is 24.3 Å². The molecule has 1 aromatic rings. The van der Waals surface area contributed by atoms with Crippen LogP contribution >= 0.6 is 0 Å². The highest BCUT2D eigenvalue weighted by molar-refractivity contribution is 6.08. The fourth-order valence-corrected chi connectivity index (χ4v) is 3.80. The number of aryl methyl sites for hydroxylation is 1. The Labute approximate surface area is 166 Å². The van der Waals surface area contributed by atoms with Gasteiger partial charge in [0, 0.05) is 13.1 Å². The molecule has 1 atom stereocenters. The number of carbonyl (C=O) groups excluding carboxylic acids is 3. The topological polar surface area (TPSA) is 79.0 Å². The minimum Gasteiger partial charge on any atom is -0.497 e. The van der Waals surface area contributed by atoms with Crippen molar-refractivity contribution in [2.45, 2.75) is 51.0 Å². The van der Waals surface area contributed by atoms with Crippen molar-refractivity contribution >= 4 is 17.8 Å². The second-order valence-corrected chi connectivity index (χ2v) is 7.80. The van der Waals surface area contributed by atoms with Crippen molar-refractivity contribution < 1.29 is 19.1 Å². The molecule has 2 saturated heterocycles. The van der Waals surface area contributed by atoms with Crippen LogP contribution in [0.2, 0.25) is 0 Å². The number of carbonyl (C=O) groups is 3. The van der Waals surface area contributed by atoms with Crippen LogP contribution < -0.4 is 10.1 Å². The van der Waals surface area contributed by atoms with Gasteiger partial charge in [0.05, 0.1) is 7.11 Å². The smallest absolute Gasteiger partial charge is 0.325 e. The second kappa shape index (κ2) is 8.63. The van der Waals surface area contributed by atoms with Crippen LogP contribution in [0.1, 0.15) is 44.6 Å². The number of nitrogens with zero attached hydrogens (tertiary/aromatic N) is 2. The minimum absolute atomic E-state index is 0.148. The van der Waals surface area contributed by atoms with Gasteiger partial charge in [-0.05, 0) is 50.3 Å². The molecular formula is C21H29N3O4. The second-order valence-electron chi connectivity index (χ2n) is 7.80. The Bertz CT molecular complexity index is 726. The summed E-state index contributed by atoms with van der Waals surface area (Å²) in [4.78, 5) is 40.7. The molecule has 0 radical (unpaired) electrons. The first-order valence-electron chi connectivity index (χ1n) is 9.98. The third-order valence-corrected chi connectivity index (χ3v) is 5.67. The summed E-state index contributed by atoms with van der Waals surface area (Å²) >= 11 is 0. The molecule has 28 heavy (non-hydrogen) atoms. The highest BCUT2D eigenvalue weighted by atomic mass is 16.5. The van der Waals surface area contributed by atoms with E-state index in [0.717, 1.165) is 41.9 Å². The molecule has 2 aliphatic rings. The molecule has 0 aromatic heterocycles. The van der Waals surface area contributed by atoms with Gasteiger partial charge in [0.2, 0.25) is 5.91 Å². The molecule has 0 unspecified atom stereocenters. The number of methoxy groups -OCH3 is 1. The minimum atomic E-state index is -0.990. The van der Waals surface area contributed by atoms with E-state index in [1.54, 1.807) is 18.9 Å². The van der Waals surface area contributed by atoms with Crippen molar-refractivity contribution in [1.29, 1.82) is 0 Å². The molecule has 0 spiro atoms. The number of nitrogens with one attached hydrogen (secondary N) is 1. The van der Waals surface area contributed by atoms with Gasteiger partial charge < -0.3 is 15.0 Å². The summed E-state index contributed by atoms with van der Waals surface area (Å²) in [5.74, 6) is 0.303. The zero-order chi connectivity index (χ0) is 20.1. The SMILES string of the molecule is COc1ccc(CC[C@@]2(C)NC(=O)N(CC(=O)N3CCCCCC3)C2=O)cc1. The lowest BCUT2D eigenvalue weighted by molar-refractivity contribution is -0.138. The summed E-state index contributed by atoms with van der Waals surface area (Å²) < 4.78 is 5.15. The molecule has 7 nitrogen and oxygen atoms in total. The number of hydrogen-bond donors (Lipinski definition) is 1. The van der Waals surface area contributed by atoms with Gasteiger partial charge in [-0.15, -0.1) is 0 Å². The van der Waals surface area contributed by atoms with Gasteiger partial charge in [0.25, 0.3) is 5.91 Å². The maximum absolute atomic E-state index is 12.9. The van der Waals surface area contributed by atoms with Crippen molar-refractivity contribution in [2.75, 3.05) is 26.7 Å². The molecule has 2 heterocycles. The Hall–Kier alpha value is -2.57. The largest absolute Gasteiger partial charge is 0.497 e. The number of hydrogen-bond acceptors (Lipinski definition) is 4. The molecular weight excluding hydrogens is 358 g/mol. The van der Waals surface area contributed by atoms with Crippen molar-refractivity contribution in [3.05, 3.63) is 29.8 Å². The average molecular weight is 387 g/mol. The van der Waals surface area contributed by atoms with E-state index in [1.165, 1.54) is 0 Å². The average Bonchev–Trinajstić information content (AvgIpc) is 2.91. The molecule has 7 heteroatoms. The highest BCUT2D eigenvalue weighted by Crippen LogP contribution is 2.24. The Morgan fingerprint density at radius 2 is 1.75 bits per heavy atom. The fraction of sp³-hybridized carbons (Fsp3) is 0.571. The van der Waals surface area contributed by atoms with Crippen LogP contribution in [0.5, 0.6) is 5.75 Å². The Morgan fingerprint density at radius 3 is 2.36 bits per heavy atom. The van der Waals surface area contributed by atoms with Crippen LogP contribution in [-0.2, 0) is 16.0 Å². The Balaban J connectivity index is 1.60. The molecule has 0 bridgehead atoms. The van der Waals surface area contributed by atoms with Crippen molar-refractivity contribution in [3.63, 3.8) is 0 Å². The lowest BCUT2D eigenvalue weighted by Gasteiger charge is -2.24. The normalized spacial score (nSPS) is 22.8. The van der Waals surface area contributed by atoms with Gasteiger partial charge in [-0.1, -0.05) is 25.0 Å². The molecule has 2 fully saturated rings. The van der Waals surface area contributed by atoms with Gasteiger partial charge in [-0.2, -0.15) is 0 Å². The number of likely N-dealkylation sites (tertiary alicyclic amines) is 1. The van der Waals surface area contributed by atoms with Gasteiger partial charge in [0.1, 0.15) is 17.8 Å². The van der Waals surface area contributed by atoms with E-state index in [2.05, 4.69) is 5.32 Å². The summed E-state index contributed by atoms with van der Waals surface area (Å²) in [6, 6.07) is 7.16. The van der Waals surface area contributed by atoms with Crippen molar-refractivity contribution in [3.8, 4) is 5.75 Å². The van der Waals surface area contributed by atoms with E-state index >= 15 is 0 Å². The van der Waals surface area contributed by atoms with Crippen molar-refractivity contribution in [2.24, 2.45) is 0 Å². The number of benzene rings is 1. The van der Waals surface area contributed by atoms with Crippen LogP contribution in [0, 0.1) is 0 Å². The number of amides is 4. The van der Waals surface area contributed by atoms with Crippen molar-refractivity contribution in [1.82, 2.24) is 15.1 Å². The maximum Gasteiger partial charge on any atom is 0.325 e. The molecule has 1 aromatic carbocycles. The number of imide groups is 1. The highest BCUT2D eigenvalue weighted by Gasteiger charge is 2.48. The Morgan fingerprint density at radius 1 is 1.11 bits per heavy atom. The van der Waals surface area contributed by atoms with Gasteiger partial charge >= 0.3 is 6.03 Å². The van der Waals surface area contributed by atoms with Gasteiger partial charge in [-0.3, -0.25) is 14.5 Å². The van der Waals surface area contributed by atoms with E-state index in [9.17, 15) is 14.4 Å². The summed E-state index contributed by atoms with van der Waals surface area (Å²) in [7, 11) is 1.62. The zero-order valence-electron chi connectivity index (χ0n) is 16.7. The molecule has 3 rings (SSSR count). The standard InChI is InChI=1S/C21H29N3O4/c1-21(12-11-16-7-9-17(28-2)10-8-16)19(26)24(20(27)22-21)15-18(25)23-13-5-3-4-6-14-23/h7-10H,3-6,11-15H2,1-2H3,(H,22,27)/t21-/m1/s1. The van der Waals surface area contributed by atoms with Crippen LogP contribution in [-0.4, -0.2) is 59.9 Å². The summed E-state index contributed by atoms with van der Waals surface area (Å²) in [6.45, 7) is 2.96. The molecule has 1 N–H and O–H groups in total. The van der Waals surface area contributed by atoms with Crippen LogP contribution in [0.15, 0.2) is 24.3 Å². The first-order chi connectivity index (χ1) is 13.4. The zero-order valence-corrected chi connectivity index (χ0v) is 16.7. The maximum atomic E-state index is 12.9. The lowest BCUT2D eigenvalue weighted by atomic mass is 9.93. The lowest BCUT2D eigenvalue weighted by Crippen LogP contribution is -2.46. The summed E-state index contributed by atoms with van der Waals surface area (Å²) in [6.07, 6.45) is 5.31. The molecule has 4 amide bonds. The predicted molar refractivity (Wildman–Crippen MR) is 105 cm³/mol. The van der Waals surface area contributed by atoms with E-state index in [4.69, 9.17) is 4.74 Å². The molecule has 152 valence electrons. The van der Waals surface area contributed by atoms with E-state index in [0.29, 0.717) is 25.9 Å². The van der Waals surface area contributed by atoms with E-state index < -0.39 is 11.6 Å².